The van der Waals surface area contributed by atoms with Gasteiger partial charge in [0.15, 0.2) is 11.4 Å². The first-order chi connectivity index (χ1) is 13.8. The van der Waals surface area contributed by atoms with Crippen LogP contribution in [0.2, 0.25) is 0 Å². The number of hydroxylamine groups is 1. The predicted molar refractivity (Wildman–Crippen MR) is 105 cm³/mol. The molecule has 154 valence electrons. The summed E-state index contributed by atoms with van der Waals surface area (Å²) in [4.78, 5) is 17.5. The van der Waals surface area contributed by atoms with Crippen LogP contribution in [0.5, 0.6) is 0 Å². The Morgan fingerprint density at radius 3 is 2.66 bits per heavy atom. The highest BCUT2D eigenvalue weighted by Crippen LogP contribution is 2.34. The van der Waals surface area contributed by atoms with Crippen molar-refractivity contribution < 1.29 is 33.0 Å². The molecule has 0 saturated heterocycles. The van der Waals surface area contributed by atoms with Crippen LogP contribution in [0, 0.1) is 18.6 Å². The first-order valence-electron chi connectivity index (χ1n) is 8.45. The van der Waals surface area contributed by atoms with Crippen molar-refractivity contribution in [1.82, 2.24) is 5.48 Å². The van der Waals surface area contributed by atoms with Crippen LogP contribution in [0.3, 0.4) is 0 Å². The van der Waals surface area contributed by atoms with E-state index in [4.69, 9.17) is 19.5 Å². The topological polar surface area (TPSA) is 104 Å². The van der Waals surface area contributed by atoms with Gasteiger partial charge in [-0.2, -0.15) is 0 Å². The maximum atomic E-state index is 15.1. The maximum Gasteiger partial charge on any atom is 0.277 e. The van der Waals surface area contributed by atoms with Gasteiger partial charge in [-0.1, -0.05) is 15.9 Å². The second kappa shape index (κ2) is 8.87. The lowest BCUT2D eigenvalue weighted by atomic mass is 10.1. The molecule has 1 aromatic heterocycles. The Labute approximate surface area is 172 Å². The zero-order valence-electron chi connectivity index (χ0n) is 15.1. The molecule has 0 bridgehead atoms. The number of fused-ring (bicyclic) bond motifs is 1. The largest absolute Gasteiger partial charge is 0.461 e. The zero-order chi connectivity index (χ0) is 21.1. The summed E-state index contributed by atoms with van der Waals surface area (Å²) in [6.07, 6.45) is 0.284. The van der Waals surface area contributed by atoms with Crippen molar-refractivity contribution in [2.45, 2.75) is 13.0 Å². The summed E-state index contributed by atoms with van der Waals surface area (Å²) in [6.45, 7) is 0.596. The van der Waals surface area contributed by atoms with Crippen LogP contribution in [0.4, 0.5) is 20.2 Å². The summed E-state index contributed by atoms with van der Waals surface area (Å²) in [5.41, 5.74) is 1.99. The molecule has 2 aromatic carbocycles. The highest BCUT2D eigenvalue weighted by molar-refractivity contribution is 9.10. The summed E-state index contributed by atoms with van der Waals surface area (Å²) >= 11 is 3.14. The van der Waals surface area contributed by atoms with E-state index >= 15 is 4.39 Å². The third kappa shape index (κ3) is 4.40. The van der Waals surface area contributed by atoms with E-state index in [1.807, 2.05) is 0 Å². The number of aliphatic hydroxyl groups is 2. The summed E-state index contributed by atoms with van der Waals surface area (Å²) in [5, 5.41) is 21.0. The van der Waals surface area contributed by atoms with Gasteiger partial charge in [0.1, 0.15) is 11.9 Å². The Bertz CT molecular complexity index is 1050. The maximum absolute atomic E-state index is 15.1. The van der Waals surface area contributed by atoms with Crippen LogP contribution in [-0.2, 0) is 4.84 Å². The van der Waals surface area contributed by atoms with Gasteiger partial charge in [-0.05, 0) is 36.8 Å². The van der Waals surface area contributed by atoms with E-state index in [-0.39, 0.29) is 22.5 Å². The van der Waals surface area contributed by atoms with Crippen LogP contribution >= 0.6 is 15.9 Å². The van der Waals surface area contributed by atoms with E-state index in [0.29, 0.717) is 15.4 Å². The van der Waals surface area contributed by atoms with Crippen molar-refractivity contribution in [3.05, 3.63) is 57.8 Å². The number of nitrogens with one attached hydrogen (secondary N) is 2. The van der Waals surface area contributed by atoms with Crippen LogP contribution in [-0.4, -0.2) is 35.4 Å². The highest BCUT2D eigenvalue weighted by atomic mass is 79.9. The number of carbonyl (C=O) groups excluding carboxylic acids is 1. The average molecular weight is 471 g/mol. The molecule has 3 aromatic rings. The summed E-state index contributed by atoms with van der Waals surface area (Å²) in [7, 11) is 0. The highest BCUT2D eigenvalue weighted by Gasteiger charge is 2.23. The number of anilines is 2. The average Bonchev–Trinajstić information content (AvgIpc) is 3.07. The van der Waals surface area contributed by atoms with Crippen molar-refractivity contribution in [1.29, 1.82) is 0 Å². The molecule has 0 fully saturated rings. The lowest BCUT2D eigenvalue weighted by Gasteiger charge is -2.16. The molecule has 0 saturated carbocycles. The number of amides is 1. The second-order valence-electron chi connectivity index (χ2n) is 6.19. The molecular weight excluding hydrogens is 454 g/mol. The molecule has 0 aliphatic rings. The predicted octanol–water partition coefficient (Wildman–Crippen LogP) is 3.54. The lowest BCUT2D eigenvalue weighted by molar-refractivity contribution is -0.0618. The molecule has 10 heteroatoms. The van der Waals surface area contributed by atoms with E-state index in [2.05, 4.69) is 26.7 Å². The number of hydrogen-bond acceptors (Lipinski definition) is 6. The van der Waals surface area contributed by atoms with Crippen LogP contribution in [0.1, 0.15) is 15.9 Å². The van der Waals surface area contributed by atoms with Gasteiger partial charge in [0.2, 0.25) is 0 Å². The number of carbonyl (C=O) groups is 1. The van der Waals surface area contributed by atoms with Crippen molar-refractivity contribution in [3.63, 3.8) is 0 Å². The van der Waals surface area contributed by atoms with Gasteiger partial charge >= 0.3 is 0 Å². The number of benzene rings is 2. The van der Waals surface area contributed by atoms with Crippen molar-refractivity contribution in [2.75, 3.05) is 18.5 Å². The number of aryl methyl sites for hydroxylation is 1. The molecule has 0 aliphatic carbocycles. The van der Waals surface area contributed by atoms with E-state index in [1.165, 1.54) is 24.5 Å². The number of aliphatic hydroxyl groups excluding tert-OH is 2. The fourth-order valence-electron chi connectivity index (χ4n) is 2.60. The quantitative estimate of drug-likeness (QED) is 0.393. The van der Waals surface area contributed by atoms with Crippen molar-refractivity contribution in [3.8, 4) is 0 Å². The van der Waals surface area contributed by atoms with Crippen LogP contribution < -0.4 is 10.8 Å². The van der Waals surface area contributed by atoms with Gasteiger partial charge in [0.25, 0.3) is 5.91 Å². The van der Waals surface area contributed by atoms with Crippen LogP contribution in [0.15, 0.2) is 39.4 Å². The SMILES string of the molecule is Cc1coc2c(F)c(Nc3ccc(Br)cc3F)c(C(=O)NOC(CO)CO)cc12. The molecule has 0 atom stereocenters. The summed E-state index contributed by atoms with van der Waals surface area (Å²) in [6, 6.07) is 5.49. The van der Waals surface area contributed by atoms with Gasteiger partial charge in [0, 0.05) is 9.86 Å². The van der Waals surface area contributed by atoms with Crippen LogP contribution in [0.25, 0.3) is 11.0 Å². The first-order valence-corrected chi connectivity index (χ1v) is 9.25. The molecule has 1 amide bonds. The molecule has 1 heterocycles. The number of hydrogen-bond donors (Lipinski definition) is 4. The molecular formula is C19H17BrF2N2O5. The van der Waals surface area contributed by atoms with Crippen molar-refractivity contribution in [2.24, 2.45) is 0 Å². The Kier molecular flexibility index (Phi) is 6.48. The second-order valence-corrected chi connectivity index (χ2v) is 7.11. The van der Waals surface area contributed by atoms with E-state index in [1.54, 1.807) is 13.0 Å². The van der Waals surface area contributed by atoms with Gasteiger partial charge in [0.05, 0.1) is 36.4 Å². The molecule has 29 heavy (non-hydrogen) atoms. The molecule has 0 radical (unpaired) electrons. The third-order valence-electron chi connectivity index (χ3n) is 4.16. The number of halogens is 3. The summed E-state index contributed by atoms with van der Waals surface area (Å²) in [5.74, 6) is -2.42. The van der Waals surface area contributed by atoms with Gasteiger partial charge in [-0.15, -0.1) is 0 Å². The van der Waals surface area contributed by atoms with Gasteiger partial charge in [-0.25, -0.2) is 14.3 Å². The third-order valence-corrected chi connectivity index (χ3v) is 4.65. The molecule has 4 N–H and O–H groups in total. The first kappa shape index (κ1) is 21.2. The smallest absolute Gasteiger partial charge is 0.277 e. The minimum absolute atomic E-state index is 0.0618. The van der Waals surface area contributed by atoms with E-state index in [9.17, 15) is 9.18 Å². The fraction of sp³-hybridized carbons (Fsp3) is 0.211. The zero-order valence-corrected chi connectivity index (χ0v) is 16.7. The minimum Gasteiger partial charge on any atom is -0.461 e. The number of furan rings is 1. The Hall–Kier alpha value is -2.53. The Morgan fingerprint density at radius 2 is 2.00 bits per heavy atom. The molecule has 7 nitrogen and oxygen atoms in total. The minimum atomic E-state index is -1.05. The molecule has 3 rings (SSSR count). The number of rotatable bonds is 7. The fourth-order valence-corrected chi connectivity index (χ4v) is 2.94. The molecule has 0 aliphatic heterocycles. The lowest BCUT2D eigenvalue weighted by Crippen LogP contribution is -2.34. The van der Waals surface area contributed by atoms with Gasteiger partial charge < -0.3 is 19.9 Å². The summed E-state index contributed by atoms with van der Waals surface area (Å²) < 4.78 is 35.1. The van der Waals surface area contributed by atoms with Gasteiger partial charge in [-0.3, -0.25) is 9.63 Å². The van der Waals surface area contributed by atoms with Crippen molar-refractivity contribution >= 4 is 44.2 Å². The molecule has 0 unspecified atom stereocenters. The normalized spacial score (nSPS) is 11.3. The Morgan fingerprint density at radius 1 is 1.28 bits per heavy atom. The molecule has 0 spiro atoms. The standard InChI is InChI=1S/C19H17BrF2N2O5/c1-9-8-28-18-12(9)5-13(19(27)24-29-11(6-25)7-26)17(16(18)22)23-15-3-2-10(20)4-14(15)21/h2-5,8,11,23,25-26H,6-7H2,1H3,(H,24,27). The van der Waals surface area contributed by atoms with E-state index < -0.39 is 36.9 Å². The van der Waals surface area contributed by atoms with E-state index in [0.717, 1.165) is 0 Å². The monoisotopic (exact) mass is 470 g/mol. The Balaban J connectivity index is 2.05.